The number of ether oxygens (including phenoxy) is 1. The number of nitrogens with zero attached hydrogens (tertiary/aromatic N) is 1. The van der Waals surface area contributed by atoms with Crippen molar-refractivity contribution in [2.24, 2.45) is 0 Å². The van der Waals surface area contributed by atoms with Gasteiger partial charge >= 0.3 is 11.9 Å². The molecule has 0 fully saturated rings. The zero-order valence-electron chi connectivity index (χ0n) is 9.67. The molecule has 1 aromatic rings. The van der Waals surface area contributed by atoms with Crippen molar-refractivity contribution in [3.8, 4) is 0 Å². The van der Waals surface area contributed by atoms with Crippen molar-refractivity contribution >= 4 is 18.2 Å². The van der Waals surface area contributed by atoms with E-state index in [1.54, 1.807) is 6.20 Å². The van der Waals surface area contributed by atoms with Gasteiger partial charge in [0.25, 0.3) is 0 Å². The Balaban J connectivity index is 2.36. The highest BCUT2D eigenvalue weighted by Gasteiger charge is 2.21. The molecule has 7 nitrogen and oxygen atoms in total. The SMILES string of the molecule is O=CCCC(OC(=O)CCc1cnc[nH]1)C(=O)O. The first-order valence-corrected chi connectivity index (χ1v) is 5.46. The van der Waals surface area contributed by atoms with Gasteiger partial charge in [-0.1, -0.05) is 0 Å². The van der Waals surface area contributed by atoms with Crippen LogP contribution in [0.3, 0.4) is 0 Å². The predicted octanol–water partition coefficient (Wildman–Crippen LogP) is 0.318. The van der Waals surface area contributed by atoms with E-state index in [2.05, 4.69) is 9.97 Å². The molecular formula is C11H14N2O5. The molecule has 7 heteroatoms. The highest BCUT2D eigenvalue weighted by molar-refractivity contribution is 5.78. The van der Waals surface area contributed by atoms with Crippen LogP contribution in [0.5, 0.6) is 0 Å². The maximum atomic E-state index is 11.4. The van der Waals surface area contributed by atoms with Gasteiger partial charge in [-0.15, -0.1) is 0 Å². The van der Waals surface area contributed by atoms with Crippen molar-refractivity contribution < 1.29 is 24.2 Å². The van der Waals surface area contributed by atoms with Gasteiger partial charge in [0.1, 0.15) is 6.29 Å². The lowest BCUT2D eigenvalue weighted by atomic mass is 10.2. The van der Waals surface area contributed by atoms with Gasteiger partial charge in [-0.05, 0) is 6.42 Å². The van der Waals surface area contributed by atoms with E-state index < -0.39 is 18.0 Å². The molecule has 0 saturated carbocycles. The smallest absolute Gasteiger partial charge is 0.345 e. The van der Waals surface area contributed by atoms with Gasteiger partial charge in [0, 0.05) is 24.7 Å². The van der Waals surface area contributed by atoms with E-state index in [4.69, 9.17) is 9.84 Å². The molecule has 0 aliphatic rings. The number of esters is 1. The number of hydrogen-bond acceptors (Lipinski definition) is 5. The normalized spacial score (nSPS) is 11.8. The molecule has 1 heterocycles. The number of nitrogens with one attached hydrogen (secondary N) is 1. The van der Waals surface area contributed by atoms with Gasteiger partial charge in [-0.3, -0.25) is 4.79 Å². The van der Waals surface area contributed by atoms with Gasteiger partial charge in [0.05, 0.1) is 12.7 Å². The lowest BCUT2D eigenvalue weighted by Crippen LogP contribution is -2.27. The minimum atomic E-state index is -1.26. The average Bonchev–Trinajstić information content (AvgIpc) is 2.84. The number of carboxylic acid groups (broad SMARTS) is 1. The van der Waals surface area contributed by atoms with Gasteiger partial charge in [-0.25, -0.2) is 9.78 Å². The number of carbonyl (C=O) groups is 3. The minimum absolute atomic E-state index is 0.00533. The van der Waals surface area contributed by atoms with Crippen LogP contribution < -0.4 is 0 Å². The van der Waals surface area contributed by atoms with Gasteiger partial charge < -0.3 is 19.6 Å². The van der Waals surface area contributed by atoms with E-state index >= 15 is 0 Å². The summed E-state index contributed by atoms with van der Waals surface area (Å²) in [6.45, 7) is 0. The number of H-pyrrole nitrogens is 1. The number of carboxylic acids is 1. The number of aromatic amines is 1. The monoisotopic (exact) mass is 254 g/mol. The Morgan fingerprint density at radius 3 is 2.89 bits per heavy atom. The van der Waals surface area contributed by atoms with E-state index in [1.165, 1.54) is 6.33 Å². The van der Waals surface area contributed by atoms with Crippen LogP contribution in [0, 0.1) is 0 Å². The van der Waals surface area contributed by atoms with Crippen molar-refractivity contribution in [1.82, 2.24) is 9.97 Å². The minimum Gasteiger partial charge on any atom is -0.479 e. The van der Waals surface area contributed by atoms with Crippen LogP contribution in [0.1, 0.15) is 25.0 Å². The largest absolute Gasteiger partial charge is 0.479 e. The molecule has 1 unspecified atom stereocenters. The molecule has 1 atom stereocenters. The molecule has 0 aromatic carbocycles. The summed E-state index contributed by atoms with van der Waals surface area (Å²) < 4.78 is 4.78. The van der Waals surface area contributed by atoms with Crippen LogP contribution >= 0.6 is 0 Å². The third kappa shape index (κ3) is 4.77. The molecule has 18 heavy (non-hydrogen) atoms. The molecule has 1 rings (SSSR count). The summed E-state index contributed by atoms with van der Waals surface area (Å²) in [6.07, 6.45) is 2.91. The fourth-order valence-electron chi connectivity index (χ4n) is 1.33. The number of hydrogen-bond donors (Lipinski definition) is 2. The number of aryl methyl sites for hydroxylation is 1. The topological polar surface area (TPSA) is 109 Å². The summed E-state index contributed by atoms with van der Waals surface area (Å²) in [7, 11) is 0. The molecule has 98 valence electrons. The summed E-state index contributed by atoms with van der Waals surface area (Å²) in [5.41, 5.74) is 0.770. The maximum Gasteiger partial charge on any atom is 0.345 e. The summed E-state index contributed by atoms with van der Waals surface area (Å²) in [6, 6.07) is 0. The van der Waals surface area contributed by atoms with Crippen molar-refractivity contribution in [2.45, 2.75) is 31.8 Å². The summed E-state index contributed by atoms with van der Waals surface area (Å²) in [5, 5.41) is 8.79. The highest BCUT2D eigenvalue weighted by atomic mass is 16.6. The zero-order valence-corrected chi connectivity index (χ0v) is 9.67. The lowest BCUT2D eigenvalue weighted by Gasteiger charge is -2.12. The maximum absolute atomic E-state index is 11.4. The molecule has 0 aliphatic heterocycles. The first kappa shape index (κ1) is 13.9. The summed E-state index contributed by atoms with van der Waals surface area (Å²) in [5.74, 6) is -1.85. The highest BCUT2D eigenvalue weighted by Crippen LogP contribution is 2.05. The van der Waals surface area contributed by atoms with E-state index in [9.17, 15) is 14.4 Å². The Bertz CT molecular complexity index is 402. The summed E-state index contributed by atoms with van der Waals surface area (Å²) in [4.78, 5) is 38.9. The van der Waals surface area contributed by atoms with Crippen LogP contribution in [0.2, 0.25) is 0 Å². The molecule has 0 spiro atoms. The molecule has 0 aliphatic carbocycles. The van der Waals surface area contributed by atoms with Crippen LogP contribution in [0.4, 0.5) is 0 Å². The molecule has 0 bridgehead atoms. The standard InChI is InChI=1S/C11H14N2O5/c14-5-1-2-9(11(16)17)18-10(15)4-3-8-6-12-7-13-8/h5-7,9H,1-4H2,(H,12,13)(H,16,17). The molecular weight excluding hydrogens is 240 g/mol. The Kier molecular flexibility index (Phi) is 5.56. The van der Waals surface area contributed by atoms with E-state index in [0.29, 0.717) is 12.7 Å². The van der Waals surface area contributed by atoms with Gasteiger partial charge in [0.2, 0.25) is 0 Å². The number of aromatic nitrogens is 2. The van der Waals surface area contributed by atoms with Crippen molar-refractivity contribution in [2.75, 3.05) is 0 Å². The van der Waals surface area contributed by atoms with Gasteiger partial charge in [-0.2, -0.15) is 0 Å². The predicted molar refractivity (Wildman–Crippen MR) is 59.7 cm³/mol. The number of imidazole rings is 1. The first-order valence-electron chi connectivity index (χ1n) is 5.46. The summed E-state index contributed by atoms with van der Waals surface area (Å²) >= 11 is 0. The van der Waals surface area contributed by atoms with Crippen molar-refractivity contribution in [3.05, 3.63) is 18.2 Å². The molecule has 0 saturated heterocycles. The molecule has 1 aromatic heterocycles. The molecule has 0 radical (unpaired) electrons. The van der Waals surface area contributed by atoms with E-state index in [-0.39, 0.29) is 19.3 Å². The van der Waals surface area contributed by atoms with E-state index in [1.807, 2.05) is 0 Å². The van der Waals surface area contributed by atoms with Crippen LogP contribution in [-0.2, 0) is 25.5 Å². The Morgan fingerprint density at radius 1 is 1.56 bits per heavy atom. The van der Waals surface area contributed by atoms with Crippen LogP contribution in [-0.4, -0.2) is 39.4 Å². The van der Waals surface area contributed by atoms with E-state index in [0.717, 1.165) is 5.69 Å². The Hall–Kier alpha value is -2.18. The first-order chi connectivity index (χ1) is 8.63. The molecule has 2 N–H and O–H groups in total. The lowest BCUT2D eigenvalue weighted by molar-refractivity contribution is -0.164. The number of aldehydes is 1. The zero-order chi connectivity index (χ0) is 13.4. The number of carbonyl (C=O) groups excluding carboxylic acids is 2. The fourth-order valence-corrected chi connectivity index (χ4v) is 1.33. The Labute approximate surface area is 103 Å². The second-order valence-electron chi connectivity index (χ2n) is 3.64. The third-order valence-electron chi connectivity index (χ3n) is 2.25. The second-order valence-corrected chi connectivity index (χ2v) is 3.64. The number of rotatable bonds is 8. The van der Waals surface area contributed by atoms with Crippen LogP contribution in [0.25, 0.3) is 0 Å². The fraction of sp³-hybridized carbons (Fsp3) is 0.455. The molecule has 0 amide bonds. The van der Waals surface area contributed by atoms with Crippen LogP contribution in [0.15, 0.2) is 12.5 Å². The van der Waals surface area contributed by atoms with Crippen molar-refractivity contribution in [3.63, 3.8) is 0 Å². The van der Waals surface area contributed by atoms with Crippen molar-refractivity contribution in [1.29, 1.82) is 0 Å². The average molecular weight is 254 g/mol. The Morgan fingerprint density at radius 2 is 2.33 bits per heavy atom. The third-order valence-corrected chi connectivity index (χ3v) is 2.25. The van der Waals surface area contributed by atoms with Gasteiger partial charge in [0.15, 0.2) is 6.10 Å². The second kappa shape index (κ2) is 7.21. The number of aliphatic carboxylic acids is 1. The quantitative estimate of drug-likeness (QED) is 0.510.